The van der Waals surface area contributed by atoms with Gasteiger partial charge in [0, 0.05) is 49.9 Å². The van der Waals surface area contributed by atoms with Crippen LogP contribution in [-0.4, -0.2) is 64.7 Å². The summed E-state index contributed by atoms with van der Waals surface area (Å²) in [5, 5.41) is 6.72. The lowest BCUT2D eigenvalue weighted by Gasteiger charge is -2.28. The standard InChI is InChI=1S/C32H37ClN10/c1-23(34)38-22-43(29-28(35-2)13-12-27(39-29)25-6-4-3-5-7-25)26-10-8-24(9-11-26)18-41-16-14-32(19-41)15-17-42(20-32)31-37-21-36-30(33)40-31/h3-13,21,35,38H,1,14-20,22,34H2,2H3. The van der Waals surface area contributed by atoms with E-state index >= 15 is 0 Å². The first-order valence-electron chi connectivity index (χ1n) is 14.5. The van der Waals surface area contributed by atoms with Gasteiger partial charge in [-0.15, -0.1) is 0 Å². The molecular weight excluding hydrogens is 560 g/mol. The molecular formula is C32H37ClN10. The fourth-order valence-corrected chi connectivity index (χ4v) is 6.27. The van der Waals surface area contributed by atoms with Gasteiger partial charge in [-0.1, -0.05) is 49.0 Å². The third kappa shape index (κ3) is 6.50. The Hall–Kier alpha value is -4.41. The van der Waals surface area contributed by atoms with E-state index < -0.39 is 0 Å². The Morgan fingerprint density at radius 1 is 1.00 bits per heavy atom. The Kier molecular flexibility index (Phi) is 8.31. The molecule has 0 radical (unpaired) electrons. The number of aromatic nitrogens is 4. The molecule has 222 valence electrons. The van der Waals surface area contributed by atoms with Crippen LogP contribution in [0.1, 0.15) is 18.4 Å². The van der Waals surface area contributed by atoms with Crippen LogP contribution in [0, 0.1) is 5.41 Å². The molecule has 43 heavy (non-hydrogen) atoms. The summed E-state index contributed by atoms with van der Waals surface area (Å²) in [6, 6.07) is 23.0. The largest absolute Gasteiger partial charge is 0.386 e. The van der Waals surface area contributed by atoms with Crippen LogP contribution >= 0.6 is 11.6 Å². The number of nitrogens with one attached hydrogen (secondary N) is 2. The average molecular weight is 597 g/mol. The van der Waals surface area contributed by atoms with Gasteiger partial charge < -0.3 is 26.2 Å². The topological polar surface area (TPSA) is 111 Å². The zero-order valence-corrected chi connectivity index (χ0v) is 25.1. The minimum Gasteiger partial charge on any atom is -0.386 e. The number of pyridine rings is 1. The lowest BCUT2D eigenvalue weighted by Crippen LogP contribution is -2.33. The van der Waals surface area contributed by atoms with Gasteiger partial charge in [0.05, 0.1) is 23.9 Å². The van der Waals surface area contributed by atoms with Crippen LogP contribution in [0.15, 0.2) is 85.5 Å². The molecule has 4 aromatic rings. The molecule has 4 heterocycles. The van der Waals surface area contributed by atoms with Crippen molar-refractivity contribution < 1.29 is 0 Å². The Labute approximate surface area is 257 Å². The van der Waals surface area contributed by atoms with E-state index in [4.69, 9.17) is 22.3 Å². The average Bonchev–Trinajstić information content (AvgIpc) is 3.63. The zero-order valence-electron chi connectivity index (χ0n) is 24.4. The number of likely N-dealkylation sites (tertiary alicyclic amines) is 1. The third-order valence-corrected chi connectivity index (χ3v) is 8.54. The van der Waals surface area contributed by atoms with Crippen LogP contribution in [0.2, 0.25) is 5.28 Å². The van der Waals surface area contributed by atoms with Gasteiger partial charge in [-0.2, -0.15) is 4.98 Å². The molecule has 2 aromatic heterocycles. The molecule has 1 atom stereocenters. The summed E-state index contributed by atoms with van der Waals surface area (Å²) in [6.45, 7) is 9.17. The number of nitrogens with two attached hydrogens (primary N) is 1. The van der Waals surface area contributed by atoms with Gasteiger partial charge in [0.2, 0.25) is 11.2 Å². The van der Waals surface area contributed by atoms with Gasteiger partial charge in [0.15, 0.2) is 5.82 Å². The molecule has 2 aliphatic heterocycles. The second-order valence-electron chi connectivity index (χ2n) is 11.3. The molecule has 4 N–H and O–H groups in total. The fraction of sp³-hybridized carbons (Fsp3) is 0.312. The maximum absolute atomic E-state index is 6.01. The highest BCUT2D eigenvalue weighted by Crippen LogP contribution is 2.41. The van der Waals surface area contributed by atoms with Crippen molar-refractivity contribution in [2.75, 3.05) is 55.0 Å². The molecule has 2 aromatic carbocycles. The minimum absolute atomic E-state index is 0.242. The molecule has 6 rings (SSSR count). The smallest absolute Gasteiger partial charge is 0.229 e. The van der Waals surface area contributed by atoms with Crippen molar-refractivity contribution in [3.63, 3.8) is 0 Å². The van der Waals surface area contributed by atoms with E-state index in [2.05, 4.69) is 89.3 Å². The molecule has 0 aliphatic carbocycles. The predicted molar refractivity (Wildman–Crippen MR) is 173 cm³/mol. The van der Waals surface area contributed by atoms with E-state index in [1.807, 2.05) is 31.3 Å². The van der Waals surface area contributed by atoms with Gasteiger partial charge in [0.1, 0.15) is 6.33 Å². The lowest BCUT2D eigenvalue weighted by molar-refractivity contribution is 0.270. The molecule has 1 unspecified atom stereocenters. The molecule has 10 nitrogen and oxygen atoms in total. The van der Waals surface area contributed by atoms with E-state index in [1.165, 1.54) is 18.3 Å². The van der Waals surface area contributed by atoms with E-state index in [1.54, 1.807) is 0 Å². The zero-order chi connectivity index (χ0) is 29.8. The number of rotatable bonds is 10. The molecule has 0 saturated carbocycles. The first kappa shape index (κ1) is 28.7. The van der Waals surface area contributed by atoms with Crippen LogP contribution in [-0.2, 0) is 6.54 Å². The van der Waals surface area contributed by atoms with E-state index in [0.29, 0.717) is 18.4 Å². The molecule has 2 aliphatic rings. The third-order valence-electron chi connectivity index (χ3n) is 8.36. The van der Waals surface area contributed by atoms with Crippen LogP contribution in [0.4, 0.5) is 23.1 Å². The number of benzene rings is 2. The summed E-state index contributed by atoms with van der Waals surface area (Å²) >= 11 is 6.01. The minimum atomic E-state index is 0.242. The van der Waals surface area contributed by atoms with Gasteiger partial charge in [0.25, 0.3) is 0 Å². The molecule has 1 spiro atoms. The van der Waals surface area contributed by atoms with Crippen molar-refractivity contribution in [2.45, 2.75) is 19.4 Å². The molecule has 0 bridgehead atoms. The molecule has 0 amide bonds. The number of hydrogen-bond acceptors (Lipinski definition) is 10. The first-order valence-corrected chi connectivity index (χ1v) is 14.9. The SMILES string of the molecule is C=C(N)NCN(c1ccc(CN2CCC3(CCN(c4ncnc(Cl)n4)C3)C2)cc1)c1nc(-c2ccccc2)ccc1NC. The summed E-state index contributed by atoms with van der Waals surface area (Å²) in [6.07, 6.45) is 3.78. The van der Waals surface area contributed by atoms with Gasteiger partial charge >= 0.3 is 0 Å². The van der Waals surface area contributed by atoms with Crippen LogP contribution < -0.4 is 26.2 Å². The summed E-state index contributed by atoms with van der Waals surface area (Å²) < 4.78 is 0. The van der Waals surface area contributed by atoms with E-state index in [9.17, 15) is 0 Å². The highest BCUT2D eigenvalue weighted by Gasteiger charge is 2.44. The second-order valence-corrected chi connectivity index (χ2v) is 11.7. The monoisotopic (exact) mass is 596 g/mol. The normalized spacial score (nSPS) is 18.2. The number of hydrogen-bond donors (Lipinski definition) is 3. The van der Waals surface area contributed by atoms with Crippen molar-refractivity contribution in [1.82, 2.24) is 30.2 Å². The maximum atomic E-state index is 6.01. The highest BCUT2D eigenvalue weighted by atomic mass is 35.5. The summed E-state index contributed by atoms with van der Waals surface area (Å²) in [5.74, 6) is 1.88. The highest BCUT2D eigenvalue weighted by molar-refractivity contribution is 6.28. The summed E-state index contributed by atoms with van der Waals surface area (Å²) in [7, 11) is 1.91. The molecule has 2 saturated heterocycles. The Balaban J connectivity index is 1.17. The van der Waals surface area contributed by atoms with Crippen molar-refractivity contribution in [2.24, 2.45) is 11.1 Å². The Morgan fingerprint density at radius 3 is 2.53 bits per heavy atom. The number of halogens is 1. The number of nitrogens with zero attached hydrogens (tertiary/aromatic N) is 7. The first-order chi connectivity index (χ1) is 20.9. The summed E-state index contributed by atoms with van der Waals surface area (Å²) in [4.78, 5) is 24.6. The van der Waals surface area contributed by atoms with Crippen molar-refractivity contribution >= 4 is 34.7 Å². The Bertz CT molecular complexity index is 1560. The lowest BCUT2D eigenvalue weighted by atomic mass is 9.86. The van der Waals surface area contributed by atoms with Gasteiger partial charge in [-0.3, -0.25) is 4.90 Å². The summed E-state index contributed by atoms with van der Waals surface area (Å²) in [5.41, 5.74) is 11.3. The van der Waals surface area contributed by atoms with Crippen molar-refractivity contribution in [3.05, 3.63) is 96.3 Å². The predicted octanol–water partition coefficient (Wildman–Crippen LogP) is 4.85. The molecule has 11 heteroatoms. The van der Waals surface area contributed by atoms with Gasteiger partial charge in [-0.05, 0) is 60.8 Å². The van der Waals surface area contributed by atoms with Gasteiger partial charge in [-0.25, -0.2) is 15.0 Å². The van der Waals surface area contributed by atoms with Crippen LogP contribution in [0.25, 0.3) is 11.3 Å². The maximum Gasteiger partial charge on any atom is 0.229 e. The van der Waals surface area contributed by atoms with Crippen molar-refractivity contribution in [3.8, 4) is 11.3 Å². The molecule has 2 fully saturated rings. The second kappa shape index (κ2) is 12.4. The quantitative estimate of drug-likeness (QED) is 0.220. The number of anilines is 4. The van der Waals surface area contributed by atoms with Crippen LogP contribution in [0.5, 0.6) is 0 Å². The van der Waals surface area contributed by atoms with Crippen molar-refractivity contribution in [1.29, 1.82) is 0 Å². The van der Waals surface area contributed by atoms with Crippen LogP contribution in [0.3, 0.4) is 0 Å². The van der Waals surface area contributed by atoms with E-state index in [-0.39, 0.29) is 10.7 Å². The Morgan fingerprint density at radius 2 is 1.79 bits per heavy atom. The fourth-order valence-electron chi connectivity index (χ4n) is 6.15. The van der Waals surface area contributed by atoms with E-state index in [0.717, 1.165) is 67.6 Å².